The predicted molar refractivity (Wildman–Crippen MR) is 121 cm³/mol. The fourth-order valence-corrected chi connectivity index (χ4v) is 3.62. The number of benzene rings is 3. The molecule has 0 unspecified atom stereocenters. The largest absolute Gasteiger partial charge is 0.491 e. The highest BCUT2D eigenvalue weighted by Gasteiger charge is 2.20. The molecule has 0 fully saturated rings. The van der Waals surface area contributed by atoms with Gasteiger partial charge in [0.05, 0.1) is 26.3 Å². The van der Waals surface area contributed by atoms with Crippen LogP contribution in [0.3, 0.4) is 0 Å². The van der Waals surface area contributed by atoms with E-state index in [0.29, 0.717) is 32.9 Å². The number of carbonyl (C=O) groups is 1. The van der Waals surface area contributed by atoms with Crippen molar-refractivity contribution in [2.24, 2.45) is 0 Å². The van der Waals surface area contributed by atoms with Crippen LogP contribution in [0.15, 0.2) is 66.7 Å². The van der Waals surface area contributed by atoms with Gasteiger partial charge in [-0.25, -0.2) is 9.18 Å². The Morgan fingerprint density at radius 1 is 1.03 bits per heavy atom. The fraction of sp³-hybridized carbons (Fsp3) is 0.269. The molecule has 3 aromatic carbocycles. The molecule has 1 aliphatic rings. The van der Waals surface area contributed by atoms with E-state index in [1.165, 1.54) is 17.7 Å². The molecule has 0 aromatic heterocycles. The monoisotopic (exact) mass is 434 g/mol. The van der Waals surface area contributed by atoms with Crippen LogP contribution >= 0.6 is 0 Å². The molecule has 0 bridgehead atoms. The lowest BCUT2D eigenvalue weighted by Gasteiger charge is -2.20. The summed E-state index contributed by atoms with van der Waals surface area (Å²) in [6.07, 6.45) is 0. The van der Waals surface area contributed by atoms with Gasteiger partial charge in [-0.2, -0.15) is 0 Å². The first-order chi connectivity index (χ1) is 15.6. The molecule has 1 heterocycles. The molecule has 0 spiro atoms. The summed E-state index contributed by atoms with van der Waals surface area (Å²) in [7, 11) is 0. The van der Waals surface area contributed by atoms with Crippen molar-refractivity contribution >= 4 is 6.03 Å². The average Bonchev–Trinajstić information content (AvgIpc) is 3.01. The molecule has 2 amide bonds. The highest BCUT2D eigenvalue weighted by molar-refractivity contribution is 5.74. The van der Waals surface area contributed by atoms with Gasteiger partial charge in [0.2, 0.25) is 0 Å². The molecular formula is C26H27FN2O3. The number of carbonyl (C=O) groups excluding carboxylic acids is 1. The van der Waals surface area contributed by atoms with Crippen LogP contribution < -0.4 is 10.1 Å². The number of hydrogen-bond donors (Lipinski definition) is 1. The zero-order chi connectivity index (χ0) is 22.3. The summed E-state index contributed by atoms with van der Waals surface area (Å²) < 4.78 is 25.1. The van der Waals surface area contributed by atoms with Crippen molar-refractivity contribution in [2.75, 3.05) is 13.2 Å². The maximum atomic E-state index is 13.4. The van der Waals surface area contributed by atoms with E-state index in [0.717, 1.165) is 28.0 Å². The Labute approximate surface area is 187 Å². The Morgan fingerprint density at radius 2 is 1.81 bits per heavy atom. The summed E-state index contributed by atoms with van der Waals surface area (Å²) >= 11 is 0. The first-order valence-corrected chi connectivity index (χ1v) is 10.7. The summed E-state index contributed by atoms with van der Waals surface area (Å²) in [6, 6.07) is 20.3. The summed E-state index contributed by atoms with van der Waals surface area (Å²) in [5.41, 5.74) is 5.05. The number of aryl methyl sites for hydroxylation is 1. The van der Waals surface area contributed by atoms with Gasteiger partial charge in [-0.05, 0) is 47.9 Å². The van der Waals surface area contributed by atoms with E-state index < -0.39 is 0 Å². The zero-order valence-corrected chi connectivity index (χ0v) is 18.1. The molecule has 5 nitrogen and oxygen atoms in total. The number of hydrogen-bond acceptors (Lipinski definition) is 3. The predicted octanol–water partition coefficient (Wildman–Crippen LogP) is 4.96. The normalized spacial score (nSPS) is 13.1. The van der Waals surface area contributed by atoms with Gasteiger partial charge in [0.1, 0.15) is 18.2 Å². The first kappa shape index (κ1) is 21.8. The molecule has 1 N–H and O–H groups in total. The topological polar surface area (TPSA) is 50.8 Å². The van der Waals surface area contributed by atoms with Crippen molar-refractivity contribution in [2.45, 2.75) is 33.2 Å². The SMILES string of the molecule is Cc1ccc(COCc2ccc3c(c2)CN(C(=O)NCc2cccc(F)c2)CCO3)cc1. The summed E-state index contributed by atoms with van der Waals surface area (Å²) in [6.45, 7) is 4.69. The number of urea groups is 1. The average molecular weight is 435 g/mol. The van der Waals surface area contributed by atoms with E-state index in [9.17, 15) is 9.18 Å². The van der Waals surface area contributed by atoms with E-state index in [-0.39, 0.29) is 18.4 Å². The number of ether oxygens (including phenoxy) is 2. The molecule has 0 atom stereocenters. The Bertz CT molecular complexity index is 1070. The summed E-state index contributed by atoms with van der Waals surface area (Å²) in [5, 5.41) is 2.87. The fourth-order valence-electron chi connectivity index (χ4n) is 3.62. The molecule has 0 saturated carbocycles. The lowest BCUT2D eigenvalue weighted by atomic mass is 10.1. The standard InChI is InChI=1S/C26H27FN2O3/c1-19-5-7-20(8-6-19)17-31-18-22-9-10-25-23(13-22)16-29(11-12-32-25)26(30)28-15-21-3-2-4-24(27)14-21/h2-10,13-14H,11-12,15-18H2,1H3,(H,28,30). The summed E-state index contributed by atoms with van der Waals surface area (Å²) in [5.74, 6) is 0.471. The molecule has 166 valence electrons. The van der Waals surface area contributed by atoms with Gasteiger partial charge in [0, 0.05) is 12.1 Å². The van der Waals surface area contributed by atoms with E-state index in [4.69, 9.17) is 9.47 Å². The highest BCUT2D eigenvalue weighted by atomic mass is 19.1. The Morgan fingerprint density at radius 3 is 2.62 bits per heavy atom. The van der Waals surface area contributed by atoms with Crippen LogP contribution in [0.5, 0.6) is 5.75 Å². The van der Waals surface area contributed by atoms with E-state index >= 15 is 0 Å². The third-order valence-corrected chi connectivity index (χ3v) is 5.38. The Kier molecular flexibility index (Phi) is 7.02. The van der Waals surface area contributed by atoms with Crippen molar-refractivity contribution in [1.82, 2.24) is 10.2 Å². The lowest BCUT2D eigenvalue weighted by molar-refractivity contribution is 0.107. The van der Waals surface area contributed by atoms with E-state index in [2.05, 4.69) is 36.5 Å². The molecule has 0 saturated heterocycles. The lowest BCUT2D eigenvalue weighted by Crippen LogP contribution is -2.40. The maximum Gasteiger partial charge on any atom is 0.318 e. The van der Waals surface area contributed by atoms with Crippen LogP contribution in [0.4, 0.5) is 9.18 Å². The number of nitrogens with one attached hydrogen (secondary N) is 1. The number of rotatable bonds is 6. The number of halogens is 1. The molecular weight excluding hydrogens is 407 g/mol. The molecule has 32 heavy (non-hydrogen) atoms. The second-order valence-electron chi connectivity index (χ2n) is 7.98. The second kappa shape index (κ2) is 10.3. The molecule has 4 rings (SSSR count). The van der Waals surface area contributed by atoms with Gasteiger partial charge >= 0.3 is 6.03 Å². The van der Waals surface area contributed by atoms with Gasteiger partial charge < -0.3 is 19.7 Å². The van der Waals surface area contributed by atoms with Crippen LogP contribution in [0.2, 0.25) is 0 Å². The molecule has 0 radical (unpaired) electrons. The van der Waals surface area contributed by atoms with Gasteiger partial charge in [0.25, 0.3) is 0 Å². The maximum absolute atomic E-state index is 13.4. The van der Waals surface area contributed by atoms with Gasteiger partial charge in [-0.3, -0.25) is 0 Å². The van der Waals surface area contributed by atoms with Gasteiger partial charge in [-0.1, -0.05) is 48.0 Å². The third-order valence-electron chi connectivity index (χ3n) is 5.38. The van der Waals surface area contributed by atoms with Crippen molar-refractivity contribution in [3.8, 4) is 5.75 Å². The summed E-state index contributed by atoms with van der Waals surface area (Å²) in [4.78, 5) is 14.4. The first-order valence-electron chi connectivity index (χ1n) is 10.7. The van der Waals surface area contributed by atoms with Gasteiger partial charge in [0.15, 0.2) is 0 Å². The second-order valence-corrected chi connectivity index (χ2v) is 7.98. The Balaban J connectivity index is 1.34. The van der Waals surface area contributed by atoms with Crippen LogP contribution in [0.25, 0.3) is 0 Å². The van der Waals surface area contributed by atoms with Crippen molar-refractivity contribution in [3.05, 3.63) is 100 Å². The molecule has 6 heteroatoms. The van der Waals surface area contributed by atoms with Crippen molar-refractivity contribution in [3.63, 3.8) is 0 Å². The number of fused-ring (bicyclic) bond motifs is 1. The van der Waals surface area contributed by atoms with Crippen LogP contribution in [-0.2, 0) is 31.0 Å². The minimum Gasteiger partial charge on any atom is -0.491 e. The quantitative estimate of drug-likeness (QED) is 0.597. The van der Waals surface area contributed by atoms with Crippen LogP contribution in [-0.4, -0.2) is 24.1 Å². The number of nitrogens with zero attached hydrogens (tertiary/aromatic N) is 1. The molecule has 1 aliphatic heterocycles. The van der Waals surface area contributed by atoms with Gasteiger partial charge in [-0.15, -0.1) is 0 Å². The zero-order valence-electron chi connectivity index (χ0n) is 18.1. The smallest absolute Gasteiger partial charge is 0.318 e. The minimum absolute atomic E-state index is 0.202. The molecule has 3 aromatic rings. The van der Waals surface area contributed by atoms with Crippen molar-refractivity contribution < 1.29 is 18.7 Å². The van der Waals surface area contributed by atoms with Crippen LogP contribution in [0, 0.1) is 12.7 Å². The minimum atomic E-state index is -0.314. The van der Waals surface area contributed by atoms with E-state index in [1.807, 2.05) is 18.2 Å². The van der Waals surface area contributed by atoms with Crippen molar-refractivity contribution in [1.29, 1.82) is 0 Å². The molecule has 0 aliphatic carbocycles. The highest BCUT2D eigenvalue weighted by Crippen LogP contribution is 2.25. The van der Waals surface area contributed by atoms with Crippen LogP contribution in [0.1, 0.15) is 27.8 Å². The van der Waals surface area contributed by atoms with E-state index in [1.54, 1.807) is 17.0 Å². The Hall–Kier alpha value is -3.38. The number of amides is 2. The third kappa shape index (κ3) is 5.86.